The lowest BCUT2D eigenvalue weighted by molar-refractivity contribution is -0.145. The third kappa shape index (κ3) is 4.48. The number of nitriles is 1. The van der Waals surface area contributed by atoms with E-state index in [9.17, 15) is 15.2 Å². The first kappa shape index (κ1) is 19.0. The van der Waals surface area contributed by atoms with Crippen molar-refractivity contribution in [2.75, 3.05) is 13.2 Å². The van der Waals surface area contributed by atoms with Gasteiger partial charge < -0.3 is 19.6 Å². The van der Waals surface area contributed by atoms with E-state index in [1.165, 1.54) is 0 Å². The molecule has 0 bridgehead atoms. The third-order valence-corrected chi connectivity index (χ3v) is 3.95. The number of allylic oxidation sites excluding steroid dienone is 1. The van der Waals surface area contributed by atoms with Crippen LogP contribution in [0.25, 0.3) is 16.6 Å². The van der Waals surface area contributed by atoms with Crippen LogP contribution in [-0.2, 0) is 9.53 Å². The maximum absolute atomic E-state index is 11.9. The number of para-hydroxylation sites is 2. The number of imidazole rings is 1. The van der Waals surface area contributed by atoms with E-state index in [0.29, 0.717) is 11.3 Å². The molecule has 0 saturated heterocycles. The molecule has 0 fully saturated rings. The molecule has 3 aromatic rings. The highest BCUT2D eigenvalue weighted by molar-refractivity contribution is 5.83. The van der Waals surface area contributed by atoms with Gasteiger partial charge in [-0.15, -0.1) is 0 Å². The van der Waals surface area contributed by atoms with E-state index >= 15 is 0 Å². The number of nitrogens with one attached hydrogen (secondary N) is 1. The first-order chi connectivity index (χ1) is 13.5. The van der Waals surface area contributed by atoms with Crippen LogP contribution >= 0.6 is 0 Å². The minimum absolute atomic E-state index is 0.0840. The number of hydrogen-bond donors (Lipinski definition) is 2. The van der Waals surface area contributed by atoms with Crippen molar-refractivity contribution in [1.82, 2.24) is 9.97 Å². The Bertz CT molecular complexity index is 1040. The highest BCUT2D eigenvalue weighted by Crippen LogP contribution is 2.19. The van der Waals surface area contributed by atoms with Crippen LogP contribution in [0, 0.1) is 25.2 Å². The standard InChI is InChI=1S/C21H19N3O4/c1-13-7-14(2)9-15(8-13)27-12-20(26)28-11-19(25)16(10-22)21-23-17-5-3-4-6-18(17)24-21/h3-9,25H,11-12H2,1-2H3,(H,23,24)/b19-16-. The van der Waals surface area contributed by atoms with Gasteiger partial charge in [0.15, 0.2) is 18.2 Å². The predicted molar refractivity (Wildman–Crippen MR) is 104 cm³/mol. The second kappa shape index (κ2) is 8.27. The van der Waals surface area contributed by atoms with Crippen molar-refractivity contribution in [3.8, 4) is 11.8 Å². The molecule has 2 aromatic carbocycles. The van der Waals surface area contributed by atoms with E-state index in [1.807, 2.05) is 56.3 Å². The number of rotatable bonds is 6. The number of esters is 1. The molecule has 0 amide bonds. The number of aliphatic hydroxyl groups excluding tert-OH is 1. The van der Waals surface area contributed by atoms with Gasteiger partial charge in [0.2, 0.25) is 0 Å². The van der Waals surface area contributed by atoms with Crippen LogP contribution in [0.1, 0.15) is 17.0 Å². The molecule has 0 radical (unpaired) electrons. The van der Waals surface area contributed by atoms with E-state index in [4.69, 9.17) is 9.47 Å². The largest absolute Gasteiger partial charge is 0.507 e. The van der Waals surface area contributed by atoms with Gasteiger partial charge in [0, 0.05) is 0 Å². The second-order valence-electron chi connectivity index (χ2n) is 6.31. The fourth-order valence-electron chi connectivity index (χ4n) is 2.75. The number of ether oxygens (including phenoxy) is 2. The lowest BCUT2D eigenvalue weighted by atomic mass is 10.1. The summed E-state index contributed by atoms with van der Waals surface area (Å²) in [5.74, 6) is -0.271. The molecule has 28 heavy (non-hydrogen) atoms. The number of hydrogen-bond acceptors (Lipinski definition) is 6. The Hall–Kier alpha value is -3.79. The molecule has 0 atom stereocenters. The van der Waals surface area contributed by atoms with Crippen LogP contribution in [0.5, 0.6) is 5.75 Å². The average molecular weight is 377 g/mol. The van der Waals surface area contributed by atoms with Crippen molar-refractivity contribution >= 4 is 22.6 Å². The summed E-state index contributed by atoms with van der Waals surface area (Å²) in [6.45, 7) is 3.11. The van der Waals surface area contributed by atoms with Gasteiger partial charge in [0.25, 0.3) is 0 Å². The summed E-state index contributed by atoms with van der Waals surface area (Å²) in [5, 5.41) is 19.5. The normalized spacial score (nSPS) is 11.6. The summed E-state index contributed by atoms with van der Waals surface area (Å²) in [6, 6.07) is 14.7. The predicted octanol–water partition coefficient (Wildman–Crippen LogP) is 3.59. The van der Waals surface area contributed by atoms with Gasteiger partial charge in [-0.25, -0.2) is 9.78 Å². The Labute approximate surface area is 161 Å². The quantitative estimate of drug-likeness (QED) is 0.386. The Morgan fingerprint density at radius 1 is 1.18 bits per heavy atom. The zero-order valence-corrected chi connectivity index (χ0v) is 15.5. The van der Waals surface area contributed by atoms with Gasteiger partial charge in [-0.2, -0.15) is 5.26 Å². The van der Waals surface area contributed by atoms with E-state index in [-0.39, 0.29) is 23.8 Å². The number of carbonyl (C=O) groups is 1. The molecule has 0 aliphatic carbocycles. The minimum atomic E-state index is -0.660. The van der Waals surface area contributed by atoms with Gasteiger partial charge in [-0.05, 0) is 49.2 Å². The fraction of sp³-hybridized carbons (Fsp3) is 0.190. The van der Waals surface area contributed by atoms with Crippen molar-refractivity contribution in [1.29, 1.82) is 5.26 Å². The third-order valence-electron chi connectivity index (χ3n) is 3.95. The molecule has 0 spiro atoms. The first-order valence-corrected chi connectivity index (χ1v) is 8.60. The number of H-pyrrole nitrogens is 1. The molecule has 2 N–H and O–H groups in total. The lowest BCUT2D eigenvalue weighted by Crippen LogP contribution is -2.16. The highest BCUT2D eigenvalue weighted by Gasteiger charge is 2.15. The van der Waals surface area contributed by atoms with E-state index in [0.717, 1.165) is 16.6 Å². The molecule has 3 rings (SSSR count). The van der Waals surface area contributed by atoms with Crippen LogP contribution in [-0.4, -0.2) is 34.3 Å². The highest BCUT2D eigenvalue weighted by atomic mass is 16.6. The molecule has 1 aromatic heterocycles. The van der Waals surface area contributed by atoms with Crippen molar-refractivity contribution in [3.63, 3.8) is 0 Å². The Kier molecular flexibility index (Phi) is 5.61. The topological polar surface area (TPSA) is 108 Å². The van der Waals surface area contributed by atoms with Gasteiger partial charge in [0.05, 0.1) is 11.0 Å². The molecule has 0 saturated carbocycles. The number of aromatic amines is 1. The number of aromatic nitrogens is 2. The van der Waals surface area contributed by atoms with Crippen LogP contribution < -0.4 is 4.74 Å². The zero-order chi connectivity index (χ0) is 20.1. The van der Waals surface area contributed by atoms with Gasteiger partial charge in [-0.1, -0.05) is 18.2 Å². The monoisotopic (exact) mass is 377 g/mol. The van der Waals surface area contributed by atoms with E-state index < -0.39 is 12.6 Å². The van der Waals surface area contributed by atoms with E-state index in [2.05, 4.69) is 9.97 Å². The van der Waals surface area contributed by atoms with Crippen molar-refractivity contribution in [3.05, 3.63) is 65.2 Å². The zero-order valence-electron chi connectivity index (χ0n) is 15.5. The molecule has 0 aliphatic rings. The lowest BCUT2D eigenvalue weighted by Gasteiger charge is -2.09. The smallest absolute Gasteiger partial charge is 0.344 e. The Morgan fingerprint density at radius 2 is 1.89 bits per heavy atom. The second-order valence-corrected chi connectivity index (χ2v) is 6.31. The Balaban J connectivity index is 1.63. The van der Waals surface area contributed by atoms with Crippen LogP contribution in [0.15, 0.2) is 48.2 Å². The summed E-state index contributed by atoms with van der Waals surface area (Å²) < 4.78 is 10.4. The van der Waals surface area contributed by atoms with Gasteiger partial charge in [0.1, 0.15) is 24.0 Å². The van der Waals surface area contributed by atoms with E-state index in [1.54, 1.807) is 6.07 Å². The van der Waals surface area contributed by atoms with Gasteiger partial charge >= 0.3 is 5.97 Å². The average Bonchev–Trinajstić information content (AvgIpc) is 3.08. The summed E-state index contributed by atoms with van der Waals surface area (Å²) in [7, 11) is 0. The Morgan fingerprint density at radius 3 is 2.57 bits per heavy atom. The van der Waals surface area contributed by atoms with Crippen molar-refractivity contribution in [2.24, 2.45) is 0 Å². The molecule has 7 heteroatoms. The SMILES string of the molecule is Cc1cc(C)cc(OCC(=O)OC/C(O)=C(\C#N)c2nc3ccccc3[nH]2)c1. The minimum Gasteiger partial charge on any atom is -0.507 e. The summed E-state index contributed by atoms with van der Waals surface area (Å²) >= 11 is 0. The maximum atomic E-state index is 11.9. The molecular weight excluding hydrogens is 358 g/mol. The molecule has 7 nitrogen and oxygen atoms in total. The summed E-state index contributed by atoms with van der Waals surface area (Å²) in [6.07, 6.45) is 0. The number of benzene rings is 2. The number of fused-ring (bicyclic) bond motifs is 1. The maximum Gasteiger partial charge on any atom is 0.344 e. The number of carbonyl (C=O) groups excluding carboxylic acids is 1. The molecule has 142 valence electrons. The summed E-state index contributed by atoms with van der Waals surface area (Å²) in [4.78, 5) is 19.1. The fourth-order valence-corrected chi connectivity index (χ4v) is 2.75. The number of aliphatic hydroxyl groups is 1. The van der Waals surface area contributed by atoms with Crippen LogP contribution in [0.4, 0.5) is 0 Å². The van der Waals surface area contributed by atoms with Crippen molar-refractivity contribution < 1.29 is 19.4 Å². The van der Waals surface area contributed by atoms with Crippen LogP contribution in [0.3, 0.4) is 0 Å². The molecule has 0 unspecified atom stereocenters. The van der Waals surface area contributed by atoms with Crippen LogP contribution in [0.2, 0.25) is 0 Å². The van der Waals surface area contributed by atoms with Gasteiger partial charge in [-0.3, -0.25) is 0 Å². The number of nitrogens with zero attached hydrogens (tertiary/aromatic N) is 2. The molecular formula is C21H19N3O4. The summed E-state index contributed by atoms with van der Waals surface area (Å²) in [5.41, 5.74) is 3.36. The first-order valence-electron chi connectivity index (χ1n) is 8.60. The molecule has 1 heterocycles. The number of aryl methyl sites for hydroxylation is 2. The van der Waals surface area contributed by atoms with Crippen molar-refractivity contribution in [2.45, 2.75) is 13.8 Å². The molecule has 0 aliphatic heterocycles.